The monoisotopic (exact) mass is 399 g/mol. The van der Waals surface area contributed by atoms with E-state index in [0.29, 0.717) is 11.5 Å². The molecule has 2 rings (SSSR count). The van der Waals surface area contributed by atoms with Gasteiger partial charge in [0.2, 0.25) is 10.0 Å². The van der Waals surface area contributed by atoms with Crippen molar-refractivity contribution in [3.63, 3.8) is 0 Å². The molecular weight excluding hydrogens is 378 g/mol. The molecule has 2 N–H and O–H groups in total. The summed E-state index contributed by atoms with van der Waals surface area (Å²) in [6, 6.07) is 11.4. The van der Waals surface area contributed by atoms with E-state index in [4.69, 9.17) is 21.1 Å². The molecule has 142 valence electrons. The van der Waals surface area contributed by atoms with E-state index in [1.54, 1.807) is 26.2 Å². The molecule has 2 aromatic carbocycles. The van der Waals surface area contributed by atoms with Gasteiger partial charge in [-0.25, -0.2) is 13.1 Å². The summed E-state index contributed by atoms with van der Waals surface area (Å²) in [7, 11) is -0.791. The number of hydrogen-bond donors (Lipinski definition) is 2. The molecule has 0 aliphatic rings. The van der Waals surface area contributed by atoms with E-state index in [2.05, 4.69) is 4.72 Å². The molecule has 1 atom stereocenters. The molecule has 0 amide bonds. The van der Waals surface area contributed by atoms with Crippen molar-refractivity contribution in [2.75, 3.05) is 20.8 Å². The lowest BCUT2D eigenvalue weighted by Gasteiger charge is -2.24. The van der Waals surface area contributed by atoms with Crippen molar-refractivity contribution in [2.24, 2.45) is 0 Å². The highest BCUT2D eigenvalue weighted by Gasteiger charge is 2.25. The molecule has 0 unspecified atom stereocenters. The fourth-order valence-electron chi connectivity index (χ4n) is 2.39. The highest BCUT2D eigenvalue weighted by atomic mass is 35.5. The molecule has 0 heterocycles. The maximum atomic E-state index is 12.4. The summed E-state index contributed by atoms with van der Waals surface area (Å²) in [5.74, 6) is 1.10. The van der Waals surface area contributed by atoms with Gasteiger partial charge in [-0.1, -0.05) is 23.7 Å². The highest BCUT2D eigenvalue weighted by Crippen LogP contribution is 2.27. The van der Waals surface area contributed by atoms with Crippen molar-refractivity contribution in [1.82, 2.24) is 4.72 Å². The van der Waals surface area contributed by atoms with Crippen molar-refractivity contribution in [2.45, 2.75) is 23.8 Å². The van der Waals surface area contributed by atoms with Crippen LogP contribution in [0.2, 0.25) is 5.02 Å². The summed E-state index contributed by atoms with van der Waals surface area (Å²) in [6.45, 7) is 1.42. The highest BCUT2D eigenvalue weighted by molar-refractivity contribution is 7.89. The smallest absolute Gasteiger partial charge is 0.240 e. The predicted molar refractivity (Wildman–Crippen MR) is 101 cm³/mol. The molecule has 0 fully saturated rings. The standard InChI is InChI=1S/C18H22ClNO5S/c1-18(21,11-13-4-6-14(24-2)7-5-13)12-20-26(22,23)15-8-9-17(25-3)16(19)10-15/h4-10,20-21H,11-12H2,1-3H3/t18-/m0/s1. The molecule has 0 aromatic heterocycles. The number of nitrogens with one attached hydrogen (secondary N) is 1. The molecule has 0 radical (unpaired) electrons. The van der Waals surface area contributed by atoms with Gasteiger partial charge in [-0.15, -0.1) is 0 Å². The van der Waals surface area contributed by atoms with E-state index in [9.17, 15) is 13.5 Å². The maximum Gasteiger partial charge on any atom is 0.240 e. The minimum atomic E-state index is -3.81. The van der Waals surface area contributed by atoms with Crippen LogP contribution in [0.5, 0.6) is 11.5 Å². The van der Waals surface area contributed by atoms with Crippen molar-refractivity contribution < 1.29 is 23.0 Å². The summed E-state index contributed by atoms with van der Waals surface area (Å²) < 4.78 is 37.4. The number of ether oxygens (including phenoxy) is 2. The van der Waals surface area contributed by atoms with Gasteiger partial charge in [0.25, 0.3) is 0 Å². The lowest BCUT2D eigenvalue weighted by Crippen LogP contribution is -2.42. The Bertz CT molecular complexity index is 850. The fraction of sp³-hybridized carbons (Fsp3) is 0.333. The first-order chi connectivity index (χ1) is 12.2. The van der Waals surface area contributed by atoms with Crippen LogP contribution in [0.1, 0.15) is 12.5 Å². The van der Waals surface area contributed by atoms with Gasteiger partial charge in [0.15, 0.2) is 0 Å². The quantitative estimate of drug-likeness (QED) is 0.712. The summed E-state index contributed by atoms with van der Waals surface area (Å²) in [5, 5.41) is 10.7. The Balaban J connectivity index is 2.05. The third-order valence-corrected chi connectivity index (χ3v) is 5.51. The van der Waals surface area contributed by atoms with Crippen molar-refractivity contribution in [3.8, 4) is 11.5 Å². The lowest BCUT2D eigenvalue weighted by molar-refractivity contribution is 0.0657. The second-order valence-electron chi connectivity index (χ2n) is 6.14. The van der Waals surface area contributed by atoms with Gasteiger partial charge in [-0.2, -0.15) is 0 Å². The third-order valence-electron chi connectivity index (χ3n) is 3.82. The Morgan fingerprint density at radius 3 is 2.31 bits per heavy atom. The molecule has 0 saturated carbocycles. The number of methoxy groups -OCH3 is 2. The Labute approximate surface area is 158 Å². The van der Waals surface area contributed by atoms with E-state index in [-0.39, 0.29) is 22.9 Å². The molecule has 6 nitrogen and oxygen atoms in total. The molecule has 0 bridgehead atoms. The van der Waals surface area contributed by atoms with E-state index < -0.39 is 15.6 Å². The normalized spacial score (nSPS) is 13.9. The van der Waals surface area contributed by atoms with Crippen LogP contribution in [0, 0.1) is 0 Å². The number of aliphatic hydroxyl groups is 1. The van der Waals surface area contributed by atoms with Crippen molar-refractivity contribution >= 4 is 21.6 Å². The minimum absolute atomic E-state index is 0.00328. The summed E-state index contributed by atoms with van der Waals surface area (Å²) in [4.78, 5) is 0.00328. The molecular formula is C18H22ClNO5S. The minimum Gasteiger partial charge on any atom is -0.497 e. The SMILES string of the molecule is COc1ccc(C[C@](C)(O)CNS(=O)(=O)c2ccc(OC)c(Cl)c2)cc1. The van der Waals surface area contributed by atoms with Crippen molar-refractivity contribution in [3.05, 3.63) is 53.1 Å². The molecule has 8 heteroatoms. The summed E-state index contributed by atoms with van der Waals surface area (Å²) >= 11 is 5.98. The van der Waals surface area contributed by atoms with Gasteiger partial charge in [0, 0.05) is 13.0 Å². The van der Waals surface area contributed by atoms with Crippen LogP contribution in [0.3, 0.4) is 0 Å². The molecule has 0 spiro atoms. The van der Waals surface area contributed by atoms with Crippen LogP contribution in [0.15, 0.2) is 47.4 Å². The predicted octanol–water partition coefficient (Wildman–Crippen LogP) is 2.63. The number of halogens is 1. The first-order valence-corrected chi connectivity index (χ1v) is 9.71. The van der Waals surface area contributed by atoms with Crippen LogP contribution in [0.25, 0.3) is 0 Å². The Hall–Kier alpha value is -1.80. The van der Waals surface area contributed by atoms with Gasteiger partial charge < -0.3 is 14.6 Å². The number of sulfonamides is 1. The Morgan fingerprint density at radius 1 is 1.12 bits per heavy atom. The summed E-state index contributed by atoms with van der Waals surface area (Å²) in [5.41, 5.74) is -0.403. The zero-order valence-corrected chi connectivity index (χ0v) is 16.4. The largest absolute Gasteiger partial charge is 0.497 e. The topological polar surface area (TPSA) is 84.9 Å². The van der Waals surface area contributed by atoms with Crippen LogP contribution in [-0.4, -0.2) is 39.9 Å². The first kappa shape index (κ1) is 20.5. The third kappa shape index (κ3) is 5.35. The molecule has 2 aromatic rings. The number of rotatable bonds is 8. The fourth-order valence-corrected chi connectivity index (χ4v) is 3.90. The summed E-state index contributed by atoms with van der Waals surface area (Å²) in [6.07, 6.45) is 0.281. The van der Waals surface area contributed by atoms with Crippen LogP contribution in [0.4, 0.5) is 0 Å². The number of hydrogen-bond acceptors (Lipinski definition) is 5. The Kier molecular flexibility index (Phi) is 6.52. The molecule has 0 saturated heterocycles. The van der Waals surface area contributed by atoms with E-state index >= 15 is 0 Å². The van der Waals surface area contributed by atoms with Crippen molar-refractivity contribution in [1.29, 1.82) is 0 Å². The van der Waals surface area contributed by atoms with Crippen LogP contribution in [-0.2, 0) is 16.4 Å². The number of benzene rings is 2. The maximum absolute atomic E-state index is 12.4. The average molecular weight is 400 g/mol. The van der Waals surface area contributed by atoms with Gasteiger partial charge in [0.1, 0.15) is 11.5 Å². The molecule has 0 aliphatic heterocycles. The zero-order chi connectivity index (χ0) is 19.4. The van der Waals surface area contributed by atoms with E-state index in [0.717, 1.165) is 5.56 Å². The Morgan fingerprint density at radius 2 is 1.77 bits per heavy atom. The van der Waals surface area contributed by atoms with Gasteiger partial charge >= 0.3 is 0 Å². The van der Waals surface area contributed by atoms with Crippen LogP contribution < -0.4 is 14.2 Å². The molecule has 0 aliphatic carbocycles. The van der Waals surface area contributed by atoms with Gasteiger partial charge in [-0.05, 0) is 42.8 Å². The lowest BCUT2D eigenvalue weighted by atomic mass is 9.97. The first-order valence-electron chi connectivity index (χ1n) is 7.85. The van der Waals surface area contributed by atoms with Gasteiger partial charge in [0.05, 0.1) is 29.7 Å². The van der Waals surface area contributed by atoms with Gasteiger partial charge in [-0.3, -0.25) is 0 Å². The molecule has 26 heavy (non-hydrogen) atoms. The van der Waals surface area contributed by atoms with Crippen LogP contribution >= 0.6 is 11.6 Å². The second-order valence-corrected chi connectivity index (χ2v) is 8.32. The van der Waals surface area contributed by atoms with E-state index in [1.165, 1.54) is 25.3 Å². The van der Waals surface area contributed by atoms with E-state index in [1.807, 2.05) is 12.1 Å². The zero-order valence-electron chi connectivity index (χ0n) is 14.8. The average Bonchev–Trinajstić information content (AvgIpc) is 2.60. The second kappa shape index (κ2) is 8.26.